The fourth-order valence-electron chi connectivity index (χ4n) is 2.06. The van der Waals surface area contributed by atoms with Gasteiger partial charge in [-0.15, -0.1) is 0 Å². The number of hydrogen-bond donors (Lipinski definition) is 0. The first-order chi connectivity index (χ1) is 10.1. The number of carbonyl (C=O) groups excluding carboxylic acids is 2. The molecular formula is C16H18N2O3. The minimum Gasteiger partial charge on any atom is -0.497 e. The zero-order valence-electron chi connectivity index (χ0n) is 12.4. The molecular weight excluding hydrogens is 268 g/mol. The van der Waals surface area contributed by atoms with Crippen molar-refractivity contribution in [2.24, 2.45) is 0 Å². The average Bonchev–Trinajstić information content (AvgIpc) is 2.97. The van der Waals surface area contributed by atoms with Crippen LogP contribution in [0.3, 0.4) is 0 Å². The Morgan fingerprint density at radius 3 is 2.38 bits per heavy atom. The quantitative estimate of drug-likeness (QED) is 0.793. The van der Waals surface area contributed by atoms with Gasteiger partial charge in [-0.25, -0.2) is 4.68 Å². The smallest absolute Gasteiger partial charge is 0.278 e. The third-order valence-electron chi connectivity index (χ3n) is 3.29. The van der Waals surface area contributed by atoms with Gasteiger partial charge in [-0.1, -0.05) is 13.8 Å². The monoisotopic (exact) mass is 286 g/mol. The molecule has 0 spiro atoms. The molecule has 0 saturated heterocycles. The average molecular weight is 286 g/mol. The van der Waals surface area contributed by atoms with Gasteiger partial charge in [-0.05, 0) is 30.7 Å². The molecule has 1 heterocycles. The van der Waals surface area contributed by atoms with Gasteiger partial charge >= 0.3 is 0 Å². The van der Waals surface area contributed by atoms with E-state index in [-0.39, 0.29) is 11.7 Å². The van der Waals surface area contributed by atoms with Crippen LogP contribution in [0.15, 0.2) is 30.5 Å². The van der Waals surface area contributed by atoms with Crippen LogP contribution in [-0.4, -0.2) is 28.6 Å². The molecule has 21 heavy (non-hydrogen) atoms. The lowest BCUT2D eigenvalue weighted by atomic mass is 10.1. The number of methoxy groups -OCH3 is 1. The number of carbonyl (C=O) groups is 2. The van der Waals surface area contributed by atoms with Crippen molar-refractivity contribution in [1.82, 2.24) is 9.78 Å². The van der Waals surface area contributed by atoms with E-state index in [0.29, 0.717) is 35.4 Å². The van der Waals surface area contributed by atoms with Crippen molar-refractivity contribution >= 4 is 11.7 Å². The van der Waals surface area contributed by atoms with Gasteiger partial charge in [-0.2, -0.15) is 5.10 Å². The van der Waals surface area contributed by atoms with E-state index in [2.05, 4.69) is 5.10 Å². The molecule has 1 aromatic carbocycles. The highest BCUT2D eigenvalue weighted by atomic mass is 16.5. The summed E-state index contributed by atoms with van der Waals surface area (Å²) in [6.45, 7) is 3.71. The van der Waals surface area contributed by atoms with E-state index in [1.165, 1.54) is 10.9 Å². The van der Waals surface area contributed by atoms with Gasteiger partial charge < -0.3 is 4.74 Å². The highest BCUT2D eigenvalue weighted by Crippen LogP contribution is 2.15. The van der Waals surface area contributed by atoms with Crippen molar-refractivity contribution in [3.05, 3.63) is 47.3 Å². The second-order valence-electron chi connectivity index (χ2n) is 4.60. The first-order valence-corrected chi connectivity index (χ1v) is 6.91. The van der Waals surface area contributed by atoms with Gasteiger partial charge in [0.2, 0.25) is 0 Å². The van der Waals surface area contributed by atoms with Gasteiger partial charge in [0.1, 0.15) is 5.75 Å². The lowest BCUT2D eigenvalue weighted by molar-refractivity contribution is 0.0944. The summed E-state index contributed by atoms with van der Waals surface area (Å²) in [5.74, 6) is 0.422. The fraction of sp³-hybridized carbons (Fsp3) is 0.312. The molecule has 0 atom stereocenters. The highest BCUT2D eigenvalue weighted by molar-refractivity contribution is 5.99. The maximum atomic E-state index is 12.4. The summed E-state index contributed by atoms with van der Waals surface area (Å²) in [7, 11) is 1.57. The maximum Gasteiger partial charge on any atom is 0.278 e. The van der Waals surface area contributed by atoms with Crippen LogP contribution in [0.1, 0.15) is 46.7 Å². The predicted octanol–water partition coefficient (Wildman–Crippen LogP) is 2.74. The van der Waals surface area contributed by atoms with Crippen molar-refractivity contribution in [3.63, 3.8) is 0 Å². The molecule has 110 valence electrons. The zero-order valence-corrected chi connectivity index (χ0v) is 12.4. The zero-order chi connectivity index (χ0) is 15.4. The Morgan fingerprint density at radius 2 is 1.86 bits per heavy atom. The van der Waals surface area contributed by atoms with Gasteiger partial charge in [0.15, 0.2) is 5.78 Å². The van der Waals surface area contributed by atoms with Crippen molar-refractivity contribution < 1.29 is 14.3 Å². The van der Waals surface area contributed by atoms with Crippen LogP contribution in [0, 0.1) is 0 Å². The van der Waals surface area contributed by atoms with Crippen molar-refractivity contribution in [1.29, 1.82) is 0 Å². The van der Waals surface area contributed by atoms with Crippen molar-refractivity contribution in [3.8, 4) is 5.75 Å². The molecule has 0 aliphatic heterocycles. The van der Waals surface area contributed by atoms with Crippen LogP contribution in [0.2, 0.25) is 0 Å². The van der Waals surface area contributed by atoms with E-state index in [1.807, 2.05) is 6.92 Å². The minimum atomic E-state index is -0.262. The highest BCUT2D eigenvalue weighted by Gasteiger charge is 2.17. The standard InChI is InChI=1S/C16H18N2O3/c1-4-14-13(15(19)5-2)10-18(17-14)16(20)11-6-8-12(21-3)9-7-11/h6-10H,4-5H2,1-3H3. The number of aromatic nitrogens is 2. The van der Waals surface area contributed by atoms with Crippen molar-refractivity contribution in [2.75, 3.05) is 7.11 Å². The third kappa shape index (κ3) is 3.02. The Morgan fingerprint density at radius 1 is 1.19 bits per heavy atom. The summed E-state index contributed by atoms with van der Waals surface area (Å²) in [5, 5.41) is 4.23. The summed E-state index contributed by atoms with van der Waals surface area (Å²) in [4.78, 5) is 24.3. The third-order valence-corrected chi connectivity index (χ3v) is 3.29. The Balaban J connectivity index is 2.34. The summed E-state index contributed by atoms with van der Waals surface area (Å²) < 4.78 is 6.30. The molecule has 0 bridgehead atoms. The molecule has 5 heteroatoms. The largest absolute Gasteiger partial charge is 0.497 e. The summed E-state index contributed by atoms with van der Waals surface area (Å²) >= 11 is 0. The number of benzene rings is 1. The van der Waals surface area contributed by atoms with Gasteiger partial charge in [0, 0.05) is 18.2 Å². The van der Waals surface area contributed by atoms with Crippen LogP contribution in [0.4, 0.5) is 0 Å². The molecule has 2 aromatic rings. The van der Waals surface area contributed by atoms with Crippen LogP contribution in [0.5, 0.6) is 5.75 Å². The predicted molar refractivity (Wildman–Crippen MR) is 78.9 cm³/mol. The Kier molecular flexibility index (Phi) is 4.52. The number of Topliss-reactive ketones (excluding diaryl/α,β-unsaturated/α-hetero) is 1. The van der Waals surface area contributed by atoms with Gasteiger partial charge in [0.05, 0.1) is 18.4 Å². The van der Waals surface area contributed by atoms with Gasteiger partial charge in [0.25, 0.3) is 5.91 Å². The molecule has 0 N–H and O–H groups in total. The fourth-order valence-corrected chi connectivity index (χ4v) is 2.06. The molecule has 0 radical (unpaired) electrons. The molecule has 0 unspecified atom stereocenters. The number of rotatable bonds is 5. The van der Waals surface area contributed by atoms with Gasteiger partial charge in [-0.3, -0.25) is 9.59 Å². The van der Waals surface area contributed by atoms with E-state index in [0.717, 1.165) is 0 Å². The number of aryl methyl sites for hydroxylation is 1. The lowest BCUT2D eigenvalue weighted by Gasteiger charge is -2.02. The number of nitrogens with zero attached hydrogens (tertiary/aromatic N) is 2. The number of ether oxygens (including phenoxy) is 1. The second kappa shape index (κ2) is 6.35. The Hall–Kier alpha value is -2.43. The molecule has 0 aliphatic rings. The van der Waals surface area contributed by atoms with Crippen molar-refractivity contribution in [2.45, 2.75) is 26.7 Å². The van der Waals surface area contributed by atoms with Crippen LogP contribution >= 0.6 is 0 Å². The molecule has 0 saturated carbocycles. The van der Waals surface area contributed by atoms with E-state index in [4.69, 9.17) is 4.74 Å². The summed E-state index contributed by atoms with van der Waals surface area (Å²) in [5.41, 5.74) is 1.68. The van der Waals surface area contributed by atoms with E-state index in [9.17, 15) is 9.59 Å². The van der Waals surface area contributed by atoms with Crippen LogP contribution in [0.25, 0.3) is 0 Å². The van der Waals surface area contributed by atoms with E-state index < -0.39 is 0 Å². The molecule has 0 fully saturated rings. The number of ketones is 1. The number of hydrogen-bond acceptors (Lipinski definition) is 4. The van der Waals surface area contributed by atoms with E-state index >= 15 is 0 Å². The topological polar surface area (TPSA) is 61.2 Å². The molecule has 0 amide bonds. The van der Waals surface area contributed by atoms with E-state index in [1.54, 1.807) is 38.3 Å². The molecule has 5 nitrogen and oxygen atoms in total. The van der Waals surface area contributed by atoms with Crippen LogP contribution < -0.4 is 4.74 Å². The SMILES string of the molecule is CCC(=O)c1cn(C(=O)c2ccc(OC)cc2)nc1CC. The molecule has 0 aliphatic carbocycles. The lowest BCUT2D eigenvalue weighted by Crippen LogP contribution is -2.12. The summed E-state index contributed by atoms with van der Waals surface area (Å²) in [6, 6.07) is 6.79. The Labute approximate surface area is 123 Å². The second-order valence-corrected chi connectivity index (χ2v) is 4.60. The normalized spacial score (nSPS) is 10.4. The Bertz CT molecular complexity index is 657. The maximum absolute atomic E-state index is 12.4. The minimum absolute atomic E-state index is 0.000584. The molecule has 2 rings (SSSR count). The molecule has 1 aromatic heterocycles. The van der Waals surface area contributed by atoms with Crippen LogP contribution in [-0.2, 0) is 6.42 Å². The summed E-state index contributed by atoms with van der Waals surface area (Å²) in [6.07, 6.45) is 2.54. The first kappa shape index (κ1) is 15.0. The first-order valence-electron chi connectivity index (χ1n) is 6.91.